The second-order valence-corrected chi connectivity index (χ2v) is 10.4. The Kier molecular flexibility index (Phi) is 5.83. The van der Waals surface area contributed by atoms with Gasteiger partial charge in [-0.25, -0.2) is 0 Å². The third kappa shape index (κ3) is 3.84. The fourth-order valence-corrected chi connectivity index (χ4v) is 5.54. The van der Waals surface area contributed by atoms with Gasteiger partial charge in [0.2, 0.25) is 5.82 Å². The zero-order valence-electron chi connectivity index (χ0n) is 21.3. The maximum Gasteiger partial charge on any atom is 0.271 e. The van der Waals surface area contributed by atoms with E-state index in [9.17, 15) is 15.2 Å². The molecule has 0 unspecified atom stereocenters. The third-order valence-electron chi connectivity index (χ3n) is 7.17. The lowest BCUT2D eigenvalue weighted by Gasteiger charge is -2.30. The van der Waals surface area contributed by atoms with Gasteiger partial charge in [-0.1, -0.05) is 13.8 Å². The Bertz CT molecular complexity index is 1380. The molecule has 0 aliphatic carbocycles. The molecule has 0 bridgehead atoms. The van der Waals surface area contributed by atoms with Crippen LogP contribution in [0.15, 0.2) is 18.2 Å². The van der Waals surface area contributed by atoms with Gasteiger partial charge in [0.1, 0.15) is 17.0 Å². The second-order valence-electron chi connectivity index (χ2n) is 10.4. The lowest BCUT2D eigenvalue weighted by molar-refractivity contribution is 0.0667. The lowest BCUT2D eigenvalue weighted by atomic mass is 9.91. The van der Waals surface area contributed by atoms with Gasteiger partial charge >= 0.3 is 0 Å². The number of hydrogen-bond acceptors (Lipinski definition) is 7. The van der Waals surface area contributed by atoms with Crippen LogP contribution in [0.1, 0.15) is 48.8 Å². The molecule has 1 N–H and O–H groups in total. The summed E-state index contributed by atoms with van der Waals surface area (Å²) in [6, 6.07) is 8.28. The molecule has 0 spiro atoms. The number of aryl methyl sites for hydroxylation is 2. The summed E-state index contributed by atoms with van der Waals surface area (Å²) in [5.74, 6) is 1.31. The molecule has 36 heavy (non-hydrogen) atoms. The number of benzene rings is 1. The molecule has 2 atom stereocenters. The topological polar surface area (TPSA) is 122 Å². The number of fused-ring (bicyclic) bond motifs is 3. The smallest absolute Gasteiger partial charge is 0.271 e. The molecular formula is C26H31N7O3. The molecule has 1 aromatic carbocycles. The Morgan fingerprint density at radius 1 is 1.33 bits per heavy atom. The van der Waals surface area contributed by atoms with E-state index in [4.69, 9.17) is 4.74 Å². The first-order valence-corrected chi connectivity index (χ1v) is 12.2. The summed E-state index contributed by atoms with van der Waals surface area (Å²) in [6.45, 7) is 6.81. The fraction of sp³-hybridized carbons (Fsp3) is 0.500. The minimum Gasteiger partial charge on any atom is -0.496 e. The summed E-state index contributed by atoms with van der Waals surface area (Å²) >= 11 is 0. The number of β-amino-alcohol motifs (C(OH)–C–C–N with tert-alkyl or cyclic N) is 1. The number of carbonyl (C=O) groups is 1. The molecule has 4 heterocycles. The van der Waals surface area contributed by atoms with Crippen molar-refractivity contribution >= 4 is 5.91 Å². The highest BCUT2D eigenvalue weighted by molar-refractivity contribution is 5.96. The SMILES string of the molecule is COc1cc2c(cc1-c1nnn(C)n1)-c1c(CC(C)C)cc(C(=O)N3C[C@@H](O)C[C@]3(C)C#N)n1CC2. The van der Waals surface area contributed by atoms with Crippen molar-refractivity contribution in [1.29, 1.82) is 5.26 Å². The molecule has 2 aliphatic rings. The number of amides is 1. The fourth-order valence-electron chi connectivity index (χ4n) is 5.54. The number of methoxy groups -OCH3 is 1. The van der Waals surface area contributed by atoms with Gasteiger partial charge in [-0.15, -0.1) is 10.2 Å². The number of hydrogen-bond donors (Lipinski definition) is 1. The van der Waals surface area contributed by atoms with E-state index < -0.39 is 11.6 Å². The van der Waals surface area contributed by atoms with E-state index in [1.54, 1.807) is 21.1 Å². The van der Waals surface area contributed by atoms with E-state index in [2.05, 4.69) is 39.9 Å². The van der Waals surface area contributed by atoms with Gasteiger partial charge in [0.15, 0.2) is 0 Å². The molecule has 188 valence electrons. The predicted molar refractivity (Wildman–Crippen MR) is 132 cm³/mol. The molecule has 0 radical (unpaired) electrons. The van der Waals surface area contributed by atoms with Gasteiger partial charge in [0.05, 0.1) is 37.6 Å². The highest BCUT2D eigenvalue weighted by atomic mass is 16.5. The number of aliphatic hydroxyl groups excluding tert-OH is 1. The van der Waals surface area contributed by atoms with E-state index in [1.807, 2.05) is 18.2 Å². The Hall–Kier alpha value is -3.71. The van der Waals surface area contributed by atoms with Gasteiger partial charge < -0.3 is 19.3 Å². The summed E-state index contributed by atoms with van der Waals surface area (Å²) in [4.78, 5) is 16.8. The minimum atomic E-state index is -1.04. The largest absolute Gasteiger partial charge is 0.496 e. The van der Waals surface area contributed by atoms with E-state index in [0.717, 1.165) is 40.8 Å². The minimum absolute atomic E-state index is 0.152. The van der Waals surface area contributed by atoms with Crippen LogP contribution in [0.5, 0.6) is 5.75 Å². The van der Waals surface area contributed by atoms with Crippen LogP contribution in [0.25, 0.3) is 22.6 Å². The van der Waals surface area contributed by atoms with Gasteiger partial charge in [-0.05, 0) is 60.2 Å². The maximum absolute atomic E-state index is 13.8. The molecule has 1 saturated heterocycles. The number of nitrogens with zero attached hydrogens (tertiary/aromatic N) is 7. The van der Waals surface area contributed by atoms with Crippen molar-refractivity contribution in [1.82, 2.24) is 29.7 Å². The Balaban J connectivity index is 1.67. The van der Waals surface area contributed by atoms with Crippen LogP contribution in [0.2, 0.25) is 0 Å². The van der Waals surface area contributed by atoms with E-state index in [0.29, 0.717) is 29.7 Å². The van der Waals surface area contributed by atoms with Gasteiger partial charge in [0.25, 0.3) is 5.91 Å². The van der Waals surface area contributed by atoms with E-state index in [-0.39, 0.29) is 18.9 Å². The predicted octanol–water partition coefficient (Wildman–Crippen LogP) is 2.60. The zero-order chi connectivity index (χ0) is 25.8. The number of ether oxygens (including phenoxy) is 1. The molecule has 3 aromatic rings. The Labute approximate surface area is 210 Å². The first kappa shape index (κ1) is 24.0. The van der Waals surface area contributed by atoms with E-state index in [1.165, 1.54) is 9.70 Å². The first-order chi connectivity index (χ1) is 17.1. The maximum atomic E-state index is 13.8. The van der Waals surface area contributed by atoms with Crippen LogP contribution in [0.4, 0.5) is 0 Å². The average Bonchev–Trinajstić information content (AvgIpc) is 3.52. The van der Waals surface area contributed by atoms with Crippen molar-refractivity contribution in [3.8, 4) is 34.5 Å². The highest BCUT2D eigenvalue weighted by Gasteiger charge is 2.46. The Morgan fingerprint density at radius 2 is 2.11 bits per heavy atom. The average molecular weight is 490 g/mol. The number of carbonyl (C=O) groups excluding carboxylic acids is 1. The summed E-state index contributed by atoms with van der Waals surface area (Å²) in [7, 11) is 3.35. The van der Waals surface area contributed by atoms with Crippen LogP contribution in [-0.4, -0.2) is 66.0 Å². The van der Waals surface area contributed by atoms with Crippen LogP contribution in [0.3, 0.4) is 0 Å². The number of likely N-dealkylation sites (tertiary alicyclic amines) is 1. The lowest BCUT2D eigenvalue weighted by Crippen LogP contribution is -2.44. The van der Waals surface area contributed by atoms with Gasteiger partial charge in [-0.2, -0.15) is 10.1 Å². The van der Waals surface area contributed by atoms with Crippen LogP contribution in [-0.2, 0) is 26.4 Å². The zero-order valence-corrected chi connectivity index (χ0v) is 21.3. The number of tetrazole rings is 1. The molecule has 1 amide bonds. The molecule has 2 aromatic heterocycles. The van der Waals surface area contributed by atoms with Crippen molar-refractivity contribution in [2.24, 2.45) is 13.0 Å². The molecule has 10 nitrogen and oxygen atoms in total. The number of aliphatic hydroxyl groups is 1. The summed E-state index contributed by atoms with van der Waals surface area (Å²) in [5, 5.41) is 32.6. The number of nitriles is 1. The van der Waals surface area contributed by atoms with Gasteiger partial charge in [-0.3, -0.25) is 4.79 Å². The second kappa shape index (κ2) is 8.75. The number of aromatic nitrogens is 5. The van der Waals surface area contributed by atoms with Crippen molar-refractivity contribution in [3.63, 3.8) is 0 Å². The highest BCUT2D eigenvalue weighted by Crippen LogP contribution is 2.42. The molecule has 1 fully saturated rings. The normalized spacial score (nSPS) is 20.8. The van der Waals surface area contributed by atoms with Crippen molar-refractivity contribution < 1.29 is 14.6 Å². The Morgan fingerprint density at radius 3 is 2.75 bits per heavy atom. The van der Waals surface area contributed by atoms with Crippen LogP contribution < -0.4 is 4.74 Å². The molecule has 2 aliphatic heterocycles. The summed E-state index contributed by atoms with van der Waals surface area (Å²) < 4.78 is 7.75. The summed E-state index contributed by atoms with van der Waals surface area (Å²) in [5.41, 5.74) is 4.48. The standard InChI is InChI=1S/C26H31N7O3/c1-15(2)8-17-9-21(25(35)33-13-18(34)12-26(33,3)14-27)32-7-6-16-10-22(36-5)20(11-19(16)23(17)32)24-28-30-31(4)29-24/h9-11,15,18,34H,6-8,12-13H2,1-5H3/t18-,26+/m0/s1. The third-order valence-corrected chi connectivity index (χ3v) is 7.17. The van der Waals surface area contributed by atoms with E-state index >= 15 is 0 Å². The summed E-state index contributed by atoms with van der Waals surface area (Å²) in [6.07, 6.45) is 1.06. The van der Waals surface area contributed by atoms with Crippen molar-refractivity contribution in [2.45, 2.75) is 58.2 Å². The van der Waals surface area contributed by atoms with Crippen molar-refractivity contribution in [2.75, 3.05) is 13.7 Å². The van der Waals surface area contributed by atoms with Crippen LogP contribution in [0, 0.1) is 17.2 Å². The molecule has 5 rings (SSSR count). The first-order valence-electron chi connectivity index (χ1n) is 12.2. The van der Waals surface area contributed by atoms with Crippen LogP contribution >= 0.6 is 0 Å². The molecule has 0 saturated carbocycles. The molecule has 10 heteroatoms. The number of rotatable bonds is 5. The molecular weight excluding hydrogens is 458 g/mol. The quantitative estimate of drug-likeness (QED) is 0.584. The monoisotopic (exact) mass is 489 g/mol. The van der Waals surface area contributed by atoms with Gasteiger partial charge in [0, 0.05) is 25.1 Å². The van der Waals surface area contributed by atoms with Crippen molar-refractivity contribution in [3.05, 3.63) is 35.0 Å².